The van der Waals surface area contributed by atoms with Gasteiger partial charge in [0.05, 0.1) is 0 Å². The van der Waals surface area contributed by atoms with Crippen LogP contribution in [0.5, 0.6) is 23.0 Å². The quantitative estimate of drug-likeness (QED) is 0.799. The van der Waals surface area contributed by atoms with Crippen LogP contribution in [0.15, 0.2) is 36.4 Å². The maximum Gasteiger partial charge on any atom is 0.231 e. The molecule has 2 N–H and O–H groups in total. The lowest BCUT2D eigenvalue weighted by molar-refractivity contribution is 0.173. The fraction of sp³-hybridized carbons (Fsp3) is 0.455. The van der Waals surface area contributed by atoms with E-state index in [9.17, 15) is 0 Å². The number of fused-ring (bicyclic) bond motifs is 2. The molecule has 28 heavy (non-hydrogen) atoms. The molecule has 0 bridgehead atoms. The Kier molecular flexibility index (Phi) is 4.97. The molecule has 2 aromatic rings. The monoisotopic (exact) mass is 382 g/mol. The normalized spacial score (nSPS) is 22.4. The fourth-order valence-electron chi connectivity index (χ4n) is 4.13. The summed E-state index contributed by atoms with van der Waals surface area (Å²) in [5.74, 6) is 3.40. The molecule has 0 amide bonds. The highest BCUT2D eigenvalue weighted by Crippen LogP contribution is 2.33. The van der Waals surface area contributed by atoms with Crippen LogP contribution in [-0.4, -0.2) is 25.7 Å². The van der Waals surface area contributed by atoms with Crippen LogP contribution in [0.2, 0.25) is 0 Å². The van der Waals surface area contributed by atoms with Gasteiger partial charge in [-0.2, -0.15) is 0 Å². The van der Waals surface area contributed by atoms with E-state index in [4.69, 9.17) is 18.9 Å². The number of rotatable bonds is 6. The standard InChI is InChI=1S/C22H26N2O4/c1-7-19-21(27-13-25-19)9-15(1)11-23-17-3-5-18(6-4-17)24-12-16-2-8-20-22(10-16)28-14-26-20/h1-2,7-10,17-18,23-24H,3-6,11-14H2. The zero-order valence-corrected chi connectivity index (χ0v) is 15.9. The van der Waals surface area contributed by atoms with Gasteiger partial charge < -0.3 is 29.6 Å². The van der Waals surface area contributed by atoms with Gasteiger partial charge in [-0.15, -0.1) is 0 Å². The lowest BCUT2D eigenvalue weighted by Crippen LogP contribution is -2.39. The Morgan fingerprint density at radius 3 is 1.50 bits per heavy atom. The van der Waals surface area contributed by atoms with Gasteiger partial charge in [-0.05, 0) is 61.1 Å². The summed E-state index contributed by atoms with van der Waals surface area (Å²) in [7, 11) is 0. The van der Waals surface area contributed by atoms with Gasteiger partial charge in [-0.25, -0.2) is 0 Å². The molecule has 2 heterocycles. The molecule has 3 aliphatic rings. The Bertz CT molecular complexity index is 764. The van der Waals surface area contributed by atoms with Crippen molar-refractivity contribution >= 4 is 0 Å². The Labute approximate surface area is 165 Å². The number of hydrogen-bond acceptors (Lipinski definition) is 6. The summed E-state index contributed by atoms with van der Waals surface area (Å²) >= 11 is 0. The molecule has 0 spiro atoms. The van der Waals surface area contributed by atoms with Crippen LogP contribution in [0.1, 0.15) is 36.8 Å². The Hall–Kier alpha value is -2.44. The van der Waals surface area contributed by atoms with Crippen LogP contribution < -0.4 is 29.6 Å². The van der Waals surface area contributed by atoms with E-state index in [2.05, 4.69) is 34.9 Å². The van der Waals surface area contributed by atoms with Crippen molar-refractivity contribution in [2.75, 3.05) is 13.6 Å². The van der Waals surface area contributed by atoms with Crippen molar-refractivity contribution in [3.05, 3.63) is 47.5 Å². The molecule has 148 valence electrons. The Balaban J connectivity index is 1.05. The highest BCUT2D eigenvalue weighted by Gasteiger charge is 2.21. The van der Waals surface area contributed by atoms with E-state index in [0.29, 0.717) is 25.7 Å². The molecule has 0 saturated heterocycles. The Morgan fingerprint density at radius 2 is 1.04 bits per heavy atom. The SMILES string of the molecule is c1cc2c(cc1CNC1CCC(NCc3ccc4c(c3)OCO4)CC1)OCO2. The number of hydrogen-bond donors (Lipinski definition) is 2. The maximum atomic E-state index is 5.46. The molecule has 2 aromatic carbocycles. The minimum absolute atomic E-state index is 0.329. The van der Waals surface area contributed by atoms with E-state index >= 15 is 0 Å². The van der Waals surface area contributed by atoms with E-state index in [1.54, 1.807) is 0 Å². The molecule has 0 unspecified atom stereocenters. The average molecular weight is 382 g/mol. The zero-order chi connectivity index (χ0) is 18.8. The van der Waals surface area contributed by atoms with Crippen LogP contribution in [0.4, 0.5) is 0 Å². The highest BCUT2D eigenvalue weighted by molar-refractivity contribution is 5.45. The summed E-state index contributed by atoms with van der Waals surface area (Å²) in [6.45, 7) is 2.40. The lowest BCUT2D eigenvalue weighted by atomic mass is 9.91. The molecule has 6 heteroatoms. The van der Waals surface area contributed by atoms with Crippen LogP contribution >= 0.6 is 0 Å². The van der Waals surface area contributed by atoms with Crippen molar-refractivity contribution in [1.29, 1.82) is 0 Å². The molecule has 1 aliphatic carbocycles. The molecular formula is C22H26N2O4. The van der Waals surface area contributed by atoms with Crippen LogP contribution in [-0.2, 0) is 13.1 Å². The summed E-state index contributed by atoms with van der Waals surface area (Å²) in [5, 5.41) is 7.39. The second-order valence-corrected chi connectivity index (χ2v) is 7.69. The topological polar surface area (TPSA) is 61.0 Å². The minimum atomic E-state index is 0.329. The predicted octanol–water partition coefficient (Wildman–Crippen LogP) is 3.33. The fourth-order valence-corrected chi connectivity index (χ4v) is 4.13. The van der Waals surface area contributed by atoms with Crippen molar-refractivity contribution in [1.82, 2.24) is 10.6 Å². The highest BCUT2D eigenvalue weighted by atomic mass is 16.7. The molecule has 1 saturated carbocycles. The third-order valence-corrected chi connectivity index (χ3v) is 5.79. The molecule has 0 radical (unpaired) electrons. The van der Waals surface area contributed by atoms with Gasteiger partial charge in [0.15, 0.2) is 23.0 Å². The summed E-state index contributed by atoms with van der Waals surface area (Å²) in [6, 6.07) is 13.5. The van der Waals surface area contributed by atoms with E-state index < -0.39 is 0 Å². The first-order valence-corrected chi connectivity index (χ1v) is 10.1. The van der Waals surface area contributed by atoms with Crippen LogP contribution in [0.3, 0.4) is 0 Å². The molecular weight excluding hydrogens is 356 g/mol. The summed E-state index contributed by atoms with van der Waals surface area (Å²) < 4.78 is 21.7. The molecule has 0 aromatic heterocycles. The smallest absolute Gasteiger partial charge is 0.231 e. The average Bonchev–Trinajstić information content (AvgIpc) is 3.39. The zero-order valence-electron chi connectivity index (χ0n) is 15.9. The number of benzene rings is 2. The molecule has 1 fully saturated rings. The van der Waals surface area contributed by atoms with Crippen molar-refractivity contribution in [3.63, 3.8) is 0 Å². The first-order chi connectivity index (χ1) is 13.8. The maximum absolute atomic E-state index is 5.46. The summed E-state index contributed by atoms with van der Waals surface area (Å²) in [6.07, 6.45) is 4.79. The van der Waals surface area contributed by atoms with Gasteiger partial charge in [0, 0.05) is 25.2 Å². The molecule has 0 atom stereocenters. The third kappa shape index (κ3) is 3.88. The summed E-state index contributed by atoms with van der Waals surface area (Å²) in [4.78, 5) is 0. The number of nitrogens with one attached hydrogen (secondary N) is 2. The van der Waals surface area contributed by atoms with E-state index in [-0.39, 0.29) is 0 Å². The van der Waals surface area contributed by atoms with Gasteiger partial charge in [0.1, 0.15) is 0 Å². The van der Waals surface area contributed by atoms with E-state index in [1.165, 1.54) is 36.8 Å². The van der Waals surface area contributed by atoms with E-state index in [1.807, 2.05) is 12.1 Å². The Morgan fingerprint density at radius 1 is 0.607 bits per heavy atom. The van der Waals surface area contributed by atoms with Gasteiger partial charge in [0.25, 0.3) is 0 Å². The largest absolute Gasteiger partial charge is 0.454 e. The number of ether oxygens (including phenoxy) is 4. The van der Waals surface area contributed by atoms with Gasteiger partial charge >= 0.3 is 0 Å². The lowest BCUT2D eigenvalue weighted by Gasteiger charge is -2.30. The minimum Gasteiger partial charge on any atom is -0.454 e. The van der Waals surface area contributed by atoms with Crippen molar-refractivity contribution in [2.24, 2.45) is 0 Å². The van der Waals surface area contributed by atoms with Crippen molar-refractivity contribution in [2.45, 2.75) is 50.9 Å². The molecule has 5 rings (SSSR count). The van der Waals surface area contributed by atoms with Crippen molar-refractivity contribution in [3.8, 4) is 23.0 Å². The van der Waals surface area contributed by atoms with Crippen LogP contribution in [0, 0.1) is 0 Å². The predicted molar refractivity (Wildman–Crippen MR) is 105 cm³/mol. The summed E-state index contributed by atoms with van der Waals surface area (Å²) in [5.41, 5.74) is 2.49. The first kappa shape index (κ1) is 17.6. The van der Waals surface area contributed by atoms with Gasteiger partial charge in [-0.3, -0.25) is 0 Å². The third-order valence-electron chi connectivity index (χ3n) is 5.79. The molecule has 6 nitrogen and oxygen atoms in total. The van der Waals surface area contributed by atoms with Crippen molar-refractivity contribution < 1.29 is 18.9 Å². The second kappa shape index (κ2) is 7.89. The van der Waals surface area contributed by atoms with Crippen LogP contribution in [0.25, 0.3) is 0 Å². The molecule has 2 aliphatic heterocycles. The van der Waals surface area contributed by atoms with Gasteiger partial charge in [0.2, 0.25) is 13.6 Å². The van der Waals surface area contributed by atoms with Gasteiger partial charge in [-0.1, -0.05) is 12.1 Å². The first-order valence-electron chi connectivity index (χ1n) is 10.1. The van der Waals surface area contributed by atoms with E-state index in [0.717, 1.165) is 36.1 Å². The second-order valence-electron chi connectivity index (χ2n) is 7.69.